The highest BCUT2D eigenvalue weighted by Crippen LogP contribution is 2.15. The van der Waals surface area contributed by atoms with Crippen LogP contribution in [0.5, 0.6) is 0 Å². The van der Waals surface area contributed by atoms with E-state index in [-0.39, 0.29) is 16.0 Å². The van der Waals surface area contributed by atoms with Gasteiger partial charge < -0.3 is 4.98 Å². The molecule has 0 saturated heterocycles. The third kappa shape index (κ3) is 2.94. The lowest BCUT2D eigenvalue weighted by Crippen LogP contribution is -2.16. The van der Waals surface area contributed by atoms with Crippen LogP contribution in [0, 0.1) is 21.8 Å². The van der Waals surface area contributed by atoms with Crippen molar-refractivity contribution in [2.75, 3.05) is 0 Å². The molecule has 1 aromatic carbocycles. The van der Waals surface area contributed by atoms with Crippen LogP contribution >= 0.6 is 12.2 Å². The Morgan fingerprint density at radius 2 is 2.11 bits per heavy atom. The molecule has 6 nitrogen and oxygen atoms in total. The average molecular weight is 277 g/mol. The first-order valence-electron chi connectivity index (χ1n) is 5.53. The summed E-state index contributed by atoms with van der Waals surface area (Å²) in [5, 5.41) is 10.7. The van der Waals surface area contributed by atoms with Crippen LogP contribution in [-0.2, 0) is 6.42 Å². The Bertz CT molecular complexity index is 748. The fourth-order valence-corrected chi connectivity index (χ4v) is 2.07. The Labute approximate surface area is 113 Å². The highest BCUT2D eigenvalue weighted by molar-refractivity contribution is 7.71. The van der Waals surface area contributed by atoms with Crippen LogP contribution in [0.2, 0.25) is 0 Å². The summed E-state index contributed by atoms with van der Waals surface area (Å²) in [5.41, 5.74) is 1.63. The number of aryl methyl sites for hydroxylation is 1. The molecule has 0 spiro atoms. The fourth-order valence-electron chi connectivity index (χ4n) is 1.82. The molecule has 2 rings (SSSR count). The second-order valence-electron chi connectivity index (χ2n) is 4.12. The van der Waals surface area contributed by atoms with Crippen molar-refractivity contribution in [1.82, 2.24) is 9.97 Å². The zero-order valence-corrected chi connectivity index (χ0v) is 10.9. The maximum absolute atomic E-state index is 11.8. The molecule has 0 aliphatic heterocycles. The maximum Gasteiger partial charge on any atom is 0.269 e. The summed E-state index contributed by atoms with van der Waals surface area (Å²) in [6.45, 7) is 1.75. The normalized spacial score (nSPS) is 10.4. The van der Waals surface area contributed by atoms with Gasteiger partial charge in [0.2, 0.25) is 0 Å². The largest absolute Gasteiger partial charge is 0.336 e. The first-order chi connectivity index (χ1) is 8.97. The van der Waals surface area contributed by atoms with Crippen LogP contribution in [0.1, 0.15) is 16.8 Å². The van der Waals surface area contributed by atoms with Gasteiger partial charge in [0, 0.05) is 29.8 Å². The first kappa shape index (κ1) is 13.2. The van der Waals surface area contributed by atoms with Gasteiger partial charge in [0.05, 0.1) is 4.92 Å². The Morgan fingerprint density at radius 1 is 1.37 bits per heavy atom. The lowest BCUT2D eigenvalue weighted by atomic mass is 10.0. The SMILES string of the molecule is Cc1[nH]c(=S)[nH]c(=O)c1Cc1cccc([N+](=O)[O-])c1. The van der Waals surface area contributed by atoms with Gasteiger partial charge in [0.15, 0.2) is 4.77 Å². The van der Waals surface area contributed by atoms with Crippen LogP contribution in [0.4, 0.5) is 5.69 Å². The van der Waals surface area contributed by atoms with Gasteiger partial charge in [0.1, 0.15) is 0 Å². The first-order valence-corrected chi connectivity index (χ1v) is 5.93. The van der Waals surface area contributed by atoms with E-state index in [2.05, 4.69) is 9.97 Å². The summed E-state index contributed by atoms with van der Waals surface area (Å²) in [6.07, 6.45) is 0.314. The molecular formula is C12H11N3O3S. The van der Waals surface area contributed by atoms with Crippen molar-refractivity contribution in [1.29, 1.82) is 0 Å². The monoisotopic (exact) mass is 277 g/mol. The van der Waals surface area contributed by atoms with Gasteiger partial charge in [-0.3, -0.25) is 19.9 Å². The summed E-state index contributed by atoms with van der Waals surface area (Å²) in [5.74, 6) is 0. The number of nitrogens with one attached hydrogen (secondary N) is 2. The minimum Gasteiger partial charge on any atom is -0.336 e. The fraction of sp³-hybridized carbons (Fsp3) is 0.167. The third-order valence-electron chi connectivity index (χ3n) is 2.76. The second-order valence-corrected chi connectivity index (χ2v) is 4.52. The minimum absolute atomic E-state index is 0.00968. The van der Waals surface area contributed by atoms with Gasteiger partial charge in [-0.2, -0.15) is 0 Å². The van der Waals surface area contributed by atoms with Crippen LogP contribution < -0.4 is 5.56 Å². The molecule has 1 aromatic heterocycles. The number of nitro benzene ring substituents is 1. The topological polar surface area (TPSA) is 91.8 Å². The van der Waals surface area contributed by atoms with Crippen LogP contribution in [0.25, 0.3) is 0 Å². The highest BCUT2D eigenvalue weighted by atomic mass is 32.1. The molecule has 0 atom stereocenters. The summed E-state index contributed by atoms with van der Waals surface area (Å²) >= 11 is 4.87. The van der Waals surface area contributed by atoms with E-state index in [0.29, 0.717) is 23.2 Å². The molecule has 1 heterocycles. The molecule has 0 unspecified atom stereocenters. The molecule has 19 heavy (non-hydrogen) atoms. The molecule has 2 aromatic rings. The van der Waals surface area contributed by atoms with Gasteiger partial charge in [-0.05, 0) is 24.7 Å². The van der Waals surface area contributed by atoms with E-state index in [1.54, 1.807) is 19.1 Å². The van der Waals surface area contributed by atoms with E-state index >= 15 is 0 Å². The Morgan fingerprint density at radius 3 is 2.74 bits per heavy atom. The number of nitrogens with zero attached hydrogens (tertiary/aromatic N) is 1. The number of aromatic nitrogens is 2. The van der Waals surface area contributed by atoms with Crippen molar-refractivity contribution in [2.24, 2.45) is 0 Å². The quantitative estimate of drug-likeness (QED) is 0.511. The van der Waals surface area contributed by atoms with Gasteiger partial charge in [-0.15, -0.1) is 0 Å². The number of rotatable bonds is 3. The summed E-state index contributed by atoms with van der Waals surface area (Å²) in [6, 6.07) is 6.22. The van der Waals surface area contributed by atoms with Crippen molar-refractivity contribution >= 4 is 17.9 Å². The number of aromatic amines is 2. The molecule has 7 heteroatoms. The van der Waals surface area contributed by atoms with Gasteiger partial charge in [-0.1, -0.05) is 12.1 Å². The number of nitro groups is 1. The molecule has 0 bridgehead atoms. The highest BCUT2D eigenvalue weighted by Gasteiger charge is 2.09. The molecule has 0 aliphatic rings. The summed E-state index contributed by atoms with van der Waals surface area (Å²) in [7, 11) is 0. The Kier molecular flexibility index (Phi) is 3.57. The summed E-state index contributed by atoms with van der Waals surface area (Å²) < 4.78 is 0.269. The van der Waals surface area contributed by atoms with Gasteiger partial charge >= 0.3 is 0 Å². The molecule has 2 N–H and O–H groups in total. The number of hydrogen-bond donors (Lipinski definition) is 2. The van der Waals surface area contributed by atoms with Crippen LogP contribution in [-0.4, -0.2) is 14.9 Å². The molecule has 0 amide bonds. The Hall–Kier alpha value is -2.28. The van der Waals surface area contributed by atoms with Crippen molar-refractivity contribution in [3.8, 4) is 0 Å². The van der Waals surface area contributed by atoms with Gasteiger partial charge in [0.25, 0.3) is 11.2 Å². The molecular weight excluding hydrogens is 266 g/mol. The predicted octanol–water partition coefficient (Wildman–Crippen LogP) is 2.24. The van der Waals surface area contributed by atoms with Crippen LogP contribution in [0.3, 0.4) is 0 Å². The van der Waals surface area contributed by atoms with E-state index in [4.69, 9.17) is 12.2 Å². The second kappa shape index (κ2) is 5.15. The zero-order chi connectivity index (χ0) is 14.0. The maximum atomic E-state index is 11.8. The molecule has 98 valence electrons. The van der Waals surface area contributed by atoms with Crippen LogP contribution in [0.15, 0.2) is 29.1 Å². The molecule has 0 aliphatic carbocycles. The van der Waals surface area contributed by atoms with E-state index in [1.807, 2.05) is 0 Å². The predicted molar refractivity (Wildman–Crippen MR) is 72.9 cm³/mol. The average Bonchev–Trinajstić information content (AvgIpc) is 2.34. The van der Waals surface area contributed by atoms with Crippen molar-refractivity contribution in [3.05, 3.63) is 66.3 Å². The number of benzene rings is 1. The zero-order valence-electron chi connectivity index (χ0n) is 10.1. The lowest BCUT2D eigenvalue weighted by molar-refractivity contribution is -0.384. The number of non-ortho nitro benzene ring substituents is 1. The standard InChI is InChI=1S/C12H11N3O3S/c1-7-10(11(16)14-12(19)13-7)6-8-3-2-4-9(5-8)15(17)18/h2-5H,6H2,1H3,(H2,13,14,16,19). The van der Waals surface area contributed by atoms with E-state index in [1.165, 1.54) is 12.1 Å². The lowest BCUT2D eigenvalue weighted by Gasteiger charge is -2.04. The minimum atomic E-state index is -0.459. The smallest absolute Gasteiger partial charge is 0.269 e. The van der Waals surface area contributed by atoms with Gasteiger partial charge in [-0.25, -0.2) is 0 Å². The molecule has 0 radical (unpaired) electrons. The van der Waals surface area contributed by atoms with Crippen molar-refractivity contribution in [2.45, 2.75) is 13.3 Å². The molecule has 0 saturated carbocycles. The number of H-pyrrole nitrogens is 2. The van der Waals surface area contributed by atoms with E-state index in [0.717, 1.165) is 0 Å². The third-order valence-corrected chi connectivity index (χ3v) is 2.96. The number of hydrogen-bond acceptors (Lipinski definition) is 4. The Balaban J connectivity index is 2.42. The molecule has 0 fully saturated rings. The summed E-state index contributed by atoms with van der Waals surface area (Å²) in [4.78, 5) is 27.4. The van der Waals surface area contributed by atoms with E-state index < -0.39 is 4.92 Å². The van der Waals surface area contributed by atoms with Crippen molar-refractivity contribution < 1.29 is 4.92 Å². The van der Waals surface area contributed by atoms with Crippen molar-refractivity contribution in [3.63, 3.8) is 0 Å². The van der Waals surface area contributed by atoms with E-state index in [9.17, 15) is 14.9 Å².